The molecule has 1 aliphatic heterocycles. The minimum atomic E-state index is 0.106. The lowest BCUT2D eigenvalue weighted by molar-refractivity contribution is 0.217. The number of unbranched alkanes of at least 4 members (excludes halogenated alkanes) is 1. The fraction of sp³-hybridized carbons (Fsp3) is 0.524. The first kappa shape index (κ1) is 18.6. The van der Waals surface area contributed by atoms with Gasteiger partial charge in [0.25, 0.3) is 0 Å². The van der Waals surface area contributed by atoms with Gasteiger partial charge in [0.1, 0.15) is 17.2 Å². The Hall–Kier alpha value is -2.14. The fourth-order valence-electron chi connectivity index (χ4n) is 3.87. The molecule has 0 saturated heterocycles. The van der Waals surface area contributed by atoms with Crippen molar-refractivity contribution >= 4 is 0 Å². The predicted octanol–water partition coefficient (Wildman–Crippen LogP) is 4.11. The quantitative estimate of drug-likeness (QED) is 0.746. The fourth-order valence-corrected chi connectivity index (χ4v) is 3.87. The number of aromatic nitrogens is 1. The molecule has 0 saturated carbocycles. The van der Waals surface area contributed by atoms with Crippen LogP contribution in [0.3, 0.4) is 0 Å². The van der Waals surface area contributed by atoms with E-state index in [4.69, 9.17) is 14.2 Å². The molecule has 26 heavy (non-hydrogen) atoms. The molecule has 142 valence electrons. The smallest absolute Gasteiger partial charge is 0.131 e. The van der Waals surface area contributed by atoms with Gasteiger partial charge in [0.05, 0.1) is 32.9 Å². The largest absolute Gasteiger partial charge is 0.496 e. The summed E-state index contributed by atoms with van der Waals surface area (Å²) in [4.78, 5) is 2.56. The zero-order valence-electron chi connectivity index (χ0n) is 16.3. The van der Waals surface area contributed by atoms with Gasteiger partial charge in [0.2, 0.25) is 0 Å². The van der Waals surface area contributed by atoms with Gasteiger partial charge in [-0.2, -0.15) is 0 Å². The van der Waals surface area contributed by atoms with Crippen LogP contribution in [0.2, 0.25) is 0 Å². The number of ether oxygens (including phenoxy) is 3. The van der Waals surface area contributed by atoms with Gasteiger partial charge in [-0.05, 0) is 31.5 Å². The third-order valence-corrected chi connectivity index (χ3v) is 5.18. The van der Waals surface area contributed by atoms with Gasteiger partial charge >= 0.3 is 0 Å². The van der Waals surface area contributed by atoms with Crippen LogP contribution in [0.5, 0.6) is 17.2 Å². The van der Waals surface area contributed by atoms with Gasteiger partial charge in [0.15, 0.2) is 0 Å². The molecular formula is C21H30N2O3. The molecule has 2 heterocycles. The third kappa shape index (κ3) is 3.54. The highest BCUT2D eigenvalue weighted by Crippen LogP contribution is 2.44. The van der Waals surface area contributed by atoms with Crippen LogP contribution in [0.1, 0.15) is 43.5 Å². The lowest BCUT2D eigenvalue weighted by Gasteiger charge is -2.32. The Balaban J connectivity index is 2.16. The van der Waals surface area contributed by atoms with Crippen molar-refractivity contribution in [2.24, 2.45) is 0 Å². The number of hydrogen-bond donors (Lipinski definition) is 0. The van der Waals surface area contributed by atoms with Gasteiger partial charge in [0, 0.05) is 37.1 Å². The maximum Gasteiger partial charge on any atom is 0.131 e. The molecule has 1 aromatic heterocycles. The van der Waals surface area contributed by atoms with E-state index in [9.17, 15) is 0 Å². The van der Waals surface area contributed by atoms with Crippen molar-refractivity contribution < 1.29 is 14.2 Å². The summed E-state index contributed by atoms with van der Waals surface area (Å²) < 4.78 is 19.3. The SMILES string of the molecule is CCCCN1CCCn2cccc2C1c1c(OC)cc(OC)cc1OC. The van der Waals surface area contributed by atoms with Gasteiger partial charge in [-0.15, -0.1) is 0 Å². The molecule has 0 fully saturated rings. The second-order valence-corrected chi connectivity index (χ2v) is 6.72. The highest BCUT2D eigenvalue weighted by molar-refractivity contribution is 5.54. The Labute approximate surface area is 156 Å². The van der Waals surface area contributed by atoms with Crippen molar-refractivity contribution in [3.8, 4) is 17.2 Å². The number of methoxy groups -OCH3 is 3. The zero-order valence-corrected chi connectivity index (χ0v) is 16.3. The minimum absolute atomic E-state index is 0.106. The maximum absolute atomic E-state index is 5.77. The van der Waals surface area contributed by atoms with Gasteiger partial charge < -0.3 is 18.8 Å². The first-order chi connectivity index (χ1) is 12.7. The molecule has 3 rings (SSSR count). The first-order valence-electron chi connectivity index (χ1n) is 9.42. The van der Waals surface area contributed by atoms with Gasteiger partial charge in [-0.25, -0.2) is 0 Å². The van der Waals surface area contributed by atoms with Crippen molar-refractivity contribution in [2.75, 3.05) is 34.4 Å². The normalized spacial score (nSPS) is 17.5. The van der Waals surface area contributed by atoms with E-state index in [-0.39, 0.29) is 6.04 Å². The molecule has 0 bridgehead atoms. The third-order valence-electron chi connectivity index (χ3n) is 5.18. The lowest BCUT2D eigenvalue weighted by atomic mass is 9.98. The van der Waals surface area contributed by atoms with E-state index >= 15 is 0 Å². The van der Waals surface area contributed by atoms with E-state index in [2.05, 4.69) is 34.7 Å². The van der Waals surface area contributed by atoms with Crippen LogP contribution in [0.25, 0.3) is 0 Å². The number of benzene rings is 1. The number of hydrogen-bond acceptors (Lipinski definition) is 4. The number of nitrogens with zero attached hydrogens (tertiary/aromatic N) is 2. The Morgan fingerprint density at radius 1 is 1.04 bits per heavy atom. The molecule has 5 heteroatoms. The predicted molar refractivity (Wildman–Crippen MR) is 103 cm³/mol. The monoisotopic (exact) mass is 358 g/mol. The van der Waals surface area contributed by atoms with Crippen molar-refractivity contribution in [1.29, 1.82) is 0 Å². The lowest BCUT2D eigenvalue weighted by Crippen LogP contribution is -2.31. The number of fused-ring (bicyclic) bond motifs is 1. The van der Waals surface area contributed by atoms with Crippen LogP contribution in [-0.2, 0) is 6.54 Å². The molecule has 1 aliphatic rings. The molecule has 0 N–H and O–H groups in total. The summed E-state index contributed by atoms with van der Waals surface area (Å²) in [6.07, 6.45) is 5.68. The Bertz CT molecular complexity index is 701. The molecule has 1 unspecified atom stereocenters. The van der Waals surface area contributed by atoms with E-state index < -0.39 is 0 Å². The van der Waals surface area contributed by atoms with Gasteiger partial charge in [-0.3, -0.25) is 4.90 Å². The molecule has 5 nitrogen and oxygen atoms in total. The molecule has 0 aliphatic carbocycles. The summed E-state index contributed by atoms with van der Waals surface area (Å²) in [7, 11) is 5.09. The second-order valence-electron chi connectivity index (χ2n) is 6.72. The number of rotatable bonds is 7. The molecule has 0 radical (unpaired) electrons. The summed E-state index contributed by atoms with van der Waals surface area (Å²) in [5.74, 6) is 2.36. The highest BCUT2D eigenvalue weighted by Gasteiger charge is 2.32. The molecule has 1 aromatic carbocycles. The zero-order chi connectivity index (χ0) is 18.5. The molecule has 0 spiro atoms. The average Bonchev–Trinajstić information content (AvgIpc) is 3.06. The van der Waals surface area contributed by atoms with E-state index in [0.717, 1.165) is 48.9 Å². The summed E-state index contributed by atoms with van der Waals surface area (Å²) in [5.41, 5.74) is 2.37. The topological polar surface area (TPSA) is 35.9 Å². The molecular weight excluding hydrogens is 328 g/mol. The summed E-state index contributed by atoms with van der Waals surface area (Å²) in [6, 6.07) is 8.36. The average molecular weight is 358 g/mol. The van der Waals surface area contributed by atoms with Crippen molar-refractivity contribution in [2.45, 2.75) is 38.8 Å². The molecule has 1 atom stereocenters. The highest BCUT2D eigenvalue weighted by atomic mass is 16.5. The van der Waals surface area contributed by atoms with Crippen molar-refractivity contribution in [1.82, 2.24) is 9.47 Å². The Morgan fingerprint density at radius 3 is 2.38 bits per heavy atom. The Morgan fingerprint density at radius 2 is 1.77 bits per heavy atom. The van der Waals surface area contributed by atoms with Gasteiger partial charge in [-0.1, -0.05) is 13.3 Å². The van der Waals surface area contributed by atoms with Crippen LogP contribution in [0, 0.1) is 0 Å². The van der Waals surface area contributed by atoms with Crippen LogP contribution in [0.4, 0.5) is 0 Å². The van der Waals surface area contributed by atoms with E-state index in [1.54, 1.807) is 21.3 Å². The first-order valence-corrected chi connectivity index (χ1v) is 9.42. The standard InChI is InChI=1S/C21H30N2O3/c1-5-6-10-23-13-8-12-22-11-7-9-17(22)21(23)20-18(25-3)14-16(24-2)15-19(20)26-4/h7,9,11,14-15,21H,5-6,8,10,12-13H2,1-4H3. The van der Waals surface area contributed by atoms with Crippen LogP contribution >= 0.6 is 0 Å². The van der Waals surface area contributed by atoms with E-state index in [1.807, 2.05) is 12.1 Å². The van der Waals surface area contributed by atoms with Crippen molar-refractivity contribution in [3.63, 3.8) is 0 Å². The van der Waals surface area contributed by atoms with Crippen molar-refractivity contribution in [3.05, 3.63) is 41.7 Å². The van der Waals surface area contributed by atoms with Crippen LogP contribution < -0.4 is 14.2 Å². The minimum Gasteiger partial charge on any atom is -0.496 e. The second kappa shape index (κ2) is 8.49. The Kier molecular flexibility index (Phi) is 6.09. The summed E-state index contributed by atoms with van der Waals surface area (Å²) in [6.45, 7) is 5.40. The molecule has 2 aromatic rings. The van der Waals surface area contributed by atoms with Crippen LogP contribution in [-0.4, -0.2) is 43.9 Å². The number of aryl methyl sites for hydroxylation is 1. The summed E-state index contributed by atoms with van der Waals surface area (Å²) >= 11 is 0. The van der Waals surface area contributed by atoms with Crippen LogP contribution in [0.15, 0.2) is 30.5 Å². The summed E-state index contributed by atoms with van der Waals surface area (Å²) in [5, 5.41) is 0. The molecule has 0 amide bonds. The van der Waals surface area contributed by atoms with E-state index in [1.165, 1.54) is 18.5 Å². The van der Waals surface area contributed by atoms with E-state index in [0.29, 0.717) is 0 Å². The maximum atomic E-state index is 5.77.